The normalized spacial score (nSPS) is 13.8. The number of benzene rings is 4. The van der Waals surface area contributed by atoms with Gasteiger partial charge in [0.1, 0.15) is 18.1 Å². The van der Waals surface area contributed by atoms with Gasteiger partial charge >= 0.3 is 0 Å². The van der Waals surface area contributed by atoms with Crippen molar-refractivity contribution >= 4 is 16.8 Å². The molecule has 1 aliphatic rings. The molecule has 5 heteroatoms. The third-order valence-corrected chi connectivity index (χ3v) is 8.08. The van der Waals surface area contributed by atoms with E-state index in [1.54, 1.807) is 7.11 Å². The number of ether oxygens (including phenoxy) is 2. The van der Waals surface area contributed by atoms with E-state index in [2.05, 4.69) is 71.4 Å². The number of nitrogens with zero attached hydrogens (tertiary/aromatic N) is 2. The Hall–Kier alpha value is -4.51. The SMILES string of the molecule is COc1ccc(Cn2cc([C@@H](CC(=O)N3CCCC3)c3ccc(OCc4ccccc4)cc3)c3ccccc32)cc1. The summed E-state index contributed by atoms with van der Waals surface area (Å²) in [7, 11) is 1.69. The third-order valence-electron chi connectivity index (χ3n) is 8.08. The number of methoxy groups -OCH3 is 1. The minimum atomic E-state index is -0.0618. The van der Waals surface area contributed by atoms with Crippen molar-refractivity contribution in [2.45, 2.75) is 38.3 Å². The van der Waals surface area contributed by atoms with E-state index in [0.29, 0.717) is 13.0 Å². The second-order valence-electron chi connectivity index (χ2n) is 10.8. The number of fused-ring (bicyclic) bond motifs is 1. The molecule has 5 nitrogen and oxygen atoms in total. The lowest BCUT2D eigenvalue weighted by molar-refractivity contribution is -0.130. The Morgan fingerprint density at radius 3 is 2.20 bits per heavy atom. The van der Waals surface area contributed by atoms with Gasteiger partial charge in [-0.05, 0) is 65.4 Å². The zero-order chi connectivity index (χ0) is 28.0. The van der Waals surface area contributed by atoms with E-state index in [0.717, 1.165) is 55.1 Å². The highest BCUT2D eigenvalue weighted by Gasteiger charge is 2.26. The number of rotatable bonds is 10. The van der Waals surface area contributed by atoms with Gasteiger partial charge in [-0.1, -0.05) is 72.8 Å². The molecule has 0 spiro atoms. The zero-order valence-electron chi connectivity index (χ0n) is 23.5. The van der Waals surface area contributed by atoms with Crippen LogP contribution in [-0.4, -0.2) is 35.6 Å². The van der Waals surface area contributed by atoms with Gasteiger partial charge < -0.3 is 18.9 Å². The highest BCUT2D eigenvalue weighted by Crippen LogP contribution is 2.36. The molecule has 0 N–H and O–H groups in total. The lowest BCUT2D eigenvalue weighted by Gasteiger charge is -2.22. The number of hydrogen-bond donors (Lipinski definition) is 0. The van der Waals surface area contributed by atoms with Crippen LogP contribution in [0.2, 0.25) is 0 Å². The van der Waals surface area contributed by atoms with Crippen LogP contribution in [0.4, 0.5) is 0 Å². The molecule has 6 rings (SSSR count). The molecular weight excluding hydrogens is 508 g/mol. The minimum absolute atomic E-state index is 0.0618. The highest BCUT2D eigenvalue weighted by molar-refractivity contribution is 5.87. The first kappa shape index (κ1) is 26.7. The molecule has 1 atom stereocenters. The fourth-order valence-electron chi connectivity index (χ4n) is 5.83. The van der Waals surface area contributed by atoms with Crippen molar-refractivity contribution in [2.24, 2.45) is 0 Å². The van der Waals surface area contributed by atoms with E-state index in [-0.39, 0.29) is 11.8 Å². The molecule has 0 unspecified atom stereocenters. The van der Waals surface area contributed by atoms with Crippen LogP contribution in [0.25, 0.3) is 10.9 Å². The van der Waals surface area contributed by atoms with Gasteiger partial charge in [0.25, 0.3) is 0 Å². The van der Waals surface area contributed by atoms with Crippen LogP contribution in [0, 0.1) is 0 Å². The first-order valence-corrected chi connectivity index (χ1v) is 14.4. The van der Waals surface area contributed by atoms with Gasteiger partial charge in [0.05, 0.1) is 7.11 Å². The number of carbonyl (C=O) groups is 1. The average Bonchev–Trinajstić information content (AvgIpc) is 3.69. The summed E-state index contributed by atoms with van der Waals surface area (Å²) >= 11 is 0. The van der Waals surface area contributed by atoms with Gasteiger partial charge in [0.15, 0.2) is 0 Å². The summed E-state index contributed by atoms with van der Waals surface area (Å²) in [6.07, 6.45) is 4.87. The largest absolute Gasteiger partial charge is 0.497 e. The van der Waals surface area contributed by atoms with Gasteiger partial charge in [-0.25, -0.2) is 0 Å². The molecule has 1 fully saturated rings. The first-order valence-electron chi connectivity index (χ1n) is 14.4. The Morgan fingerprint density at radius 2 is 1.46 bits per heavy atom. The fraction of sp³-hybridized carbons (Fsp3) is 0.250. The Bertz CT molecular complexity index is 1580. The lowest BCUT2D eigenvalue weighted by atomic mass is 9.87. The number of hydrogen-bond acceptors (Lipinski definition) is 3. The van der Waals surface area contributed by atoms with Crippen molar-refractivity contribution in [3.05, 3.63) is 132 Å². The number of likely N-dealkylation sites (tertiary alicyclic amines) is 1. The van der Waals surface area contributed by atoms with Crippen LogP contribution in [0.1, 0.15) is 47.4 Å². The van der Waals surface area contributed by atoms with Crippen LogP contribution in [0.3, 0.4) is 0 Å². The molecule has 1 amide bonds. The average molecular weight is 545 g/mol. The second kappa shape index (κ2) is 12.3. The lowest BCUT2D eigenvalue weighted by Crippen LogP contribution is -2.29. The molecule has 5 aromatic rings. The van der Waals surface area contributed by atoms with Gasteiger partial charge in [0, 0.05) is 49.1 Å². The molecule has 0 bridgehead atoms. The number of amides is 1. The van der Waals surface area contributed by atoms with Crippen molar-refractivity contribution in [3.63, 3.8) is 0 Å². The summed E-state index contributed by atoms with van der Waals surface area (Å²) in [5.74, 6) is 1.84. The third kappa shape index (κ3) is 6.14. The van der Waals surface area contributed by atoms with Crippen LogP contribution in [0.15, 0.2) is 109 Å². The molecule has 1 aromatic heterocycles. The Balaban J connectivity index is 1.32. The summed E-state index contributed by atoms with van der Waals surface area (Å²) in [6, 6.07) is 35.2. The van der Waals surface area contributed by atoms with E-state index in [1.165, 1.54) is 22.0 Å². The highest BCUT2D eigenvalue weighted by atomic mass is 16.5. The van der Waals surface area contributed by atoms with Crippen LogP contribution in [0.5, 0.6) is 11.5 Å². The van der Waals surface area contributed by atoms with E-state index in [1.807, 2.05) is 47.4 Å². The Morgan fingerprint density at radius 1 is 0.780 bits per heavy atom. The van der Waals surface area contributed by atoms with Crippen LogP contribution in [-0.2, 0) is 17.9 Å². The summed E-state index contributed by atoms with van der Waals surface area (Å²) < 4.78 is 13.7. The van der Waals surface area contributed by atoms with Crippen molar-refractivity contribution in [1.82, 2.24) is 9.47 Å². The smallest absolute Gasteiger partial charge is 0.223 e. The van der Waals surface area contributed by atoms with Crippen molar-refractivity contribution in [1.29, 1.82) is 0 Å². The predicted molar refractivity (Wildman–Crippen MR) is 164 cm³/mol. The molecule has 2 heterocycles. The zero-order valence-corrected chi connectivity index (χ0v) is 23.5. The minimum Gasteiger partial charge on any atom is -0.497 e. The summed E-state index contributed by atoms with van der Waals surface area (Å²) in [4.78, 5) is 15.5. The number of para-hydroxylation sites is 1. The quantitative estimate of drug-likeness (QED) is 0.184. The van der Waals surface area contributed by atoms with E-state index < -0.39 is 0 Å². The van der Waals surface area contributed by atoms with Gasteiger partial charge in [-0.2, -0.15) is 0 Å². The molecule has 1 aliphatic heterocycles. The predicted octanol–water partition coefficient (Wildman–Crippen LogP) is 7.42. The van der Waals surface area contributed by atoms with Crippen molar-refractivity contribution in [3.8, 4) is 11.5 Å². The maximum absolute atomic E-state index is 13.5. The van der Waals surface area contributed by atoms with Crippen molar-refractivity contribution in [2.75, 3.05) is 20.2 Å². The monoisotopic (exact) mass is 544 g/mol. The fourth-order valence-corrected chi connectivity index (χ4v) is 5.83. The summed E-state index contributed by atoms with van der Waals surface area (Å²) in [5, 5.41) is 1.18. The molecule has 41 heavy (non-hydrogen) atoms. The Kier molecular flexibility index (Phi) is 8.04. The van der Waals surface area contributed by atoms with Crippen molar-refractivity contribution < 1.29 is 14.3 Å². The summed E-state index contributed by atoms with van der Waals surface area (Å²) in [6.45, 7) is 2.98. The molecule has 0 aliphatic carbocycles. The topological polar surface area (TPSA) is 43.7 Å². The molecule has 208 valence electrons. The van der Waals surface area contributed by atoms with E-state index >= 15 is 0 Å². The number of aromatic nitrogens is 1. The van der Waals surface area contributed by atoms with Crippen LogP contribution < -0.4 is 9.47 Å². The summed E-state index contributed by atoms with van der Waals surface area (Å²) in [5.41, 5.74) is 5.80. The van der Waals surface area contributed by atoms with Gasteiger partial charge in [-0.15, -0.1) is 0 Å². The number of carbonyl (C=O) groups excluding carboxylic acids is 1. The molecule has 0 saturated carbocycles. The van der Waals surface area contributed by atoms with Gasteiger partial charge in [0.2, 0.25) is 5.91 Å². The molecule has 1 saturated heterocycles. The second-order valence-corrected chi connectivity index (χ2v) is 10.8. The standard InChI is InChI=1S/C36H36N2O3/c1-40-30-17-13-27(14-18-30)24-38-25-34(32-11-5-6-12-35(32)38)33(23-36(39)37-21-7-8-22-37)29-15-19-31(20-16-29)41-26-28-9-3-2-4-10-28/h2-6,9-20,25,33H,7-8,21-24,26H2,1H3/t33-/m0/s1. The Labute approximate surface area is 241 Å². The van der Waals surface area contributed by atoms with E-state index in [9.17, 15) is 4.79 Å². The first-order chi connectivity index (χ1) is 20.2. The molecule has 0 radical (unpaired) electrons. The van der Waals surface area contributed by atoms with Gasteiger partial charge in [-0.3, -0.25) is 4.79 Å². The maximum Gasteiger partial charge on any atom is 0.223 e. The maximum atomic E-state index is 13.5. The van der Waals surface area contributed by atoms with Crippen LogP contribution >= 0.6 is 0 Å². The molecular formula is C36H36N2O3. The molecule has 4 aromatic carbocycles. The van der Waals surface area contributed by atoms with E-state index in [4.69, 9.17) is 9.47 Å².